The number of alkyl halides is 3. The van der Waals surface area contributed by atoms with Crippen LogP contribution in [0.25, 0.3) is 5.69 Å². The maximum absolute atomic E-state index is 13.3. The van der Waals surface area contributed by atoms with Gasteiger partial charge in [-0.2, -0.15) is 13.2 Å². The van der Waals surface area contributed by atoms with E-state index in [4.69, 9.17) is 4.74 Å². The van der Waals surface area contributed by atoms with Crippen molar-refractivity contribution in [2.45, 2.75) is 32.5 Å². The van der Waals surface area contributed by atoms with Gasteiger partial charge in [-0.05, 0) is 57.1 Å². The third kappa shape index (κ3) is 4.53. The van der Waals surface area contributed by atoms with E-state index < -0.39 is 11.7 Å². The number of piperidine rings is 1. The van der Waals surface area contributed by atoms with Crippen molar-refractivity contribution in [3.8, 4) is 5.69 Å². The number of carbonyl (C=O) groups is 1. The van der Waals surface area contributed by atoms with Crippen LogP contribution in [0.3, 0.4) is 0 Å². The van der Waals surface area contributed by atoms with Gasteiger partial charge in [-0.3, -0.25) is 9.69 Å². The first kappa shape index (κ1) is 19.5. The van der Waals surface area contributed by atoms with Gasteiger partial charge in [0.2, 0.25) is 0 Å². The van der Waals surface area contributed by atoms with Gasteiger partial charge in [0, 0.05) is 18.4 Å². The molecule has 0 atom stereocenters. The second-order valence-corrected chi connectivity index (χ2v) is 6.69. The fourth-order valence-corrected chi connectivity index (χ4v) is 3.52. The van der Waals surface area contributed by atoms with Crippen LogP contribution >= 0.6 is 0 Å². The van der Waals surface area contributed by atoms with Crippen LogP contribution < -0.4 is 0 Å². The van der Waals surface area contributed by atoms with Crippen molar-refractivity contribution in [2.24, 2.45) is 5.92 Å². The Kier molecular flexibility index (Phi) is 5.89. The van der Waals surface area contributed by atoms with Gasteiger partial charge in [0.15, 0.2) is 0 Å². The van der Waals surface area contributed by atoms with Crippen molar-refractivity contribution < 1.29 is 22.7 Å². The van der Waals surface area contributed by atoms with Crippen molar-refractivity contribution in [2.75, 3.05) is 19.7 Å². The highest BCUT2D eigenvalue weighted by Crippen LogP contribution is 2.34. The van der Waals surface area contributed by atoms with Crippen LogP contribution in [0, 0.1) is 5.92 Å². The van der Waals surface area contributed by atoms with Gasteiger partial charge in [0.25, 0.3) is 0 Å². The molecule has 146 valence electrons. The Morgan fingerprint density at radius 2 is 1.85 bits per heavy atom. The fraction of sp³-hybridized carbons (Fsp3) is 0.450. The molecule has 1 fully saturated rings. The Morgan fingerprint density at radius 1 is 1.15 bits per heavy atom. The third-order valence-corrected chi connectivity index (χ3v) is 4.90. The fourth-order valence-electron chi connectivity index (χ4n) is 3.52. The minimum Gasteiger partial charge on any atom is -0.466 e. The van der Waals surface area contributed by atoms with E-state index in [2.05, 4.69) is 4.90 Å². The number of ether oxygens (including phenoxy) is 1. The maximum atomic E-state index is 13.3. The summed E-state index contributed by atoms with van der Waals surface area (Å²) < 4.78 is 46.7. The summed E-state index contributed by atoms with van der Waals surface area (Å²) in [5.41, 5.74) is 0.274. The number of nitrogens with zero attached hydrogens (tertiary/aromatic N) is 2. The molecule has 3 rings (SSSR count). The molecule has 0 radical (unpaired) electrons. The second-order valence-electron chi connectivity index (χ2n) is 6.69. The first-order valence-electron chi connectivity index (χ1n) is 9.12. The molecule has 1 saturated heterocycles. The van der Waals surface area contributed by atoms with E-state index in [9.17, 15) is 18.0 Å². The largest absolute Gasteiger partial charge is 0.466 e. The van der Waals surface area contributed by atoms with Crippen molar-refractivity contribution in [3.05, 3.63) is 53.9 Å². The normalized spacial score (nSPS) is 16.4. The Labute approximate surface area is 156 Å². The number of hydrogen-bond acceptors (Lipinski definition) is 3. The average Bonchev–Trinajstić information content (AvgIpc) is 3.10. The number of likely N-dealkylation sites (tertiary alicyclic amines) is 1. The van der Waals surface area contributed by atoms with Crippen LogP contribution in [0.2, 0.25) is 0 Å². The van der Waals surface area contributed by atoms with Crippen molar-refractivity contribution in [1.29, 1.82) is 0 Å². The molecule has 2 heterocycles. The molecule has 0 spiro atoms. The van der Waals surface area contributed by atoms with Crippen LogP contribution in [0.5, 0.6) is 0 Å². The van der Waals surface area contributed by atoms with Crippen LogP contribution in [0.1, 0.15) is 31.0 Å². The highest BCUT2D eigenvalue weighted by atomic mass is 19.4. The highest BCUT2D eigenvalue weighted by molar-refractivity contribution is 5.72. The molecule has 1 aromatic heterocycles. The number of para-hydroxylation sites is 1. The van der Waals surface area contributed by atoms with E-state index in [1.165, 1.54) is 12.1 Å². The molecule has 4 nitrogen and oxygen atoms in total. The first-order chi connectivity index (χ1) is 12.9. The Morgan fingerprint density at radius 3 is 2.52 bits per heavy atom. The molecule has 0 bridgehead atoms. The molecule has 2 aromatic rings. The van der Waals surface area contributed by atoms with Gasteiger partial charge in [0.1, 0.15) is 0 Å². The van der Waals surface area contributed by atoms with Gasteiger partial charge in [0.05, 0.1) is 23.8 Å². The lowest BCUT2D eigenvalue weighted by Crippen LogP contribution is -2.36. The zero-order valence-corrected chi connectivity index (χ0v) is 15.2. The predicted molar refractivity (Wildman–Crippen MR) is 95.4 cm³/mol. The van der Waals surface area contributed by atoms with Crippen LogP contribution in [-0.2, 0) is 22.3 Å². The van der Waals surface area contributed by atoms with E-state index in [-0.39, 0.29) is 17.6 Å². The molecule has 0 N–H and O–H groups in total. The van der Waals surface area contributed by atoms with Gasteiger partial charge < -0.3 is 9.30 Å². The highest BCUT2D eigenvalue weighted by Gasteiger charge is 2.34. The summed E-state index contributed by atoms with van der Waals surface area (Å²) >= 11 is 0. The smallest absolute Gasteiger partial charge is 0.418 e. The molecule has 7 heteroatoms. The number of hydrogen-bond donors (Lipinski definition) is 0. The molecule has 27 heavy (non-hydrogen) atoms. The van der Waals surface area contributed by atoms with E-state index >= 15 is 0 Å². The van der Waals surface area contributed by atoms with Gasteiger partial charge in [-0.25, -0.2) is 0 Å². The average molecular weight is 380 g/mol. The SMILES string of the molecule is CCOC(=O)C1CCN(Cc2cccn2-c2ccccc2C(F)(F)F)CC1. The van der Waals surface area contributed by atoms with Gasteiger partial charge in [-0.1, -0.05) is 12.1 Å². The summed E-state index contributed by atoms with van der Waals surface area (Å²) in [7, 11) is 0. The number of benzene rings is 1. The third-order valence-electron chi connectivity index (χ3n) is 4.90. The predicted octanol–water partition coefficient (Wildman–Crippen LogP) is 4.27. The zero-order valence-electron chi connectivity index (χ0n) is 15.2. The Hall–Kier alpha value is -2.28. The zero-order chi connectivity index (χ0) is 19.4. The Balaban J connectivity index is 1.72. The van der Waals surface area contributed by atoms with Gasteiger partial charge in [-0.15, -0.1) is 0 Å². The molecule has 0 aliphatic carbocycles. The Bertz CT molecular complexity index is 778. The minimum atomic E-state index is -4.41. The van der Waals surface area contributed by atoms with E-state index in [0.29, 0.717) is 26.0 Å². The number of carbonyl (C=O) groups excluding carboxylic acids is 1. The standard InChI is InChI=1S/C20H23F3N2O2/c1-2-27-19(26)15-9-12-24(13-10-15)14-16-6-5-11-25(16)18-8-4-3-7-17(18)20(21,22)23/h3-8,11,15H,2,9-10,12-14H2,1H3. The van der Waals surface area contributed by atoms with E-state index in [1.54, 1.807) is 29.8 Å². The topological polar surface area (TPSA) is 34.5 Å². The second kappa shape index (κ2) is 8.17. The van der Waals surface area contributed by atoms with Crippen molar-refractivity contribution >= 4 is 5.97 Å². The van der Waals surface area contributed by atoms with Crippen LogP contribution in [0.15, 0.2) is 42.6 Å². The number of aromatic nitrogens is 1. The molecule has 0 saturated carbocycles. The summed E-state index contributed by atoms with van der Waals surface area (Å²) in [6.07, 6.45) is -1.33. The molecular weight excluding hydrogens is 357 g/mol. The maximum Gasteiger partial charge on any atom is 0.418 e. The summed E-state index contributed by atoms with van der Waals surface area (Å²) in [6.45, 7) is 4.14. The molecular formula is C20H23F3N2O2. The summed E-state index contributed by atoms with van der Waals surface area (Å²) in [5.74, 6) is -0.237. The molecule has 0 amide bonds. The van der Waals surface area contributed by atoms with Crippen molar-refractivity contribution in [1.82, 2.24) is 9.47 Å². The molecule has 1 aromatic carbocycles. The lowest BCUT2D eigenvalue weighted by molar-refractivity contribution is -0.149. The van der Waals surface area contributed by atoms with Gasteiger partial charge >= 0.3 is 12.1 Å². The number of esters is 1. The number of rotatable bonds is 5. The van der Waals surface area contributed by atoms with Crippen LogP contribution in [0.4, 0.5) is 13.2 Å². The minimum absolute atomic E-state index is 0.0843. The number of halogens is 3. The van der Waals surface area contributed by atoms with E-state index in [0.717, 1.165) is 24.8 Å². The van der Waals surface area contributed by atoms with Crippen molar-refractivity contribution in [3.63, 3.8) is 0 Å². The molecule has 1 aliphatic heterocycles. The van der Waals surface area contributed by atoms with E-state index in [1.807, 2.05) is 6.07 Å². The lowest BCUT2D eigenvalue weighted by atomic mass is 9.97. The molecule has 0 unspecified atom stereocenters. The molecule has 1 aliphatic rings. The van der Waals surface area contributed by atoms with Crippen LogP contribution in [-0.4, -0.2) is 35.1 Å². The summed E-state index contributed by atoms with van der Waals surface area (Å²) in [4.78, 5) is 14.0. The first-order valence-corrected chi connectivity index (χ1v) is 9.12. The summed E-state index contributed by atoms with van der Waals surface area (Å²) in [5, 5.41) is 0. The monoisotopic (exact) mass is 380 g/mol. The lowest BCUT2D eigenvalue weighted by Gasteiger charge is -2.31. The quantitative estimate of drug-likeness (QED) is 0.727. The summed E-state index contributed by atoms with van der Waals surface area (Å²) in [6, 6.07) is 9.19.